The average Bonchev–Trinajstić information content (AvgIpc) is 3.26. The minimum Gasteiger partial charge on any atom is -0.598 e. The van der Waals surface area contributed by atoms with Crippen LogP contribution >= 0.6 is 0 Å². The van der Waals surface area contributed by atoms with Gasteiger partial charge in [0.05, 0.1) is 6.04 Å². The van der Waals surface area contributed by atoms with Gasteiger partial charge in [0.1, 0.15) is 10.3 Å². The molecule has 2 fully saturated rings. The Kier molecular flexibility index (Phi) is 6.14. The zero-order valence-corrected chi connectivity index (χ0v) is 16.9. The number of hydrogen-bond donors (Lipinski definition) is 1. The van der Waals surface area contributed by atoms with Crippen molar-refractivity contribution >= 4 is 17.5 Å². The number of amides is 1. The summed E-state index contributed by atoms with van der Waals surface area (Å²) >= 11 is -1.04. The first-order chi connectivity index (χ1) is 11.0. The summed E-state index contributed by atoms with van der Waals surface area (Å²) in [5.41, 5.74) is -0.449. The highest BCUT2D eigenvalue weighted by Crippen LogP contribution is 2.39. The van der Waals surface area contributed by atoms with E-state index in [2.05, 4.69) is 4.72 Å². The Morgan fingerprint density at radius 3 is 2.00 bits per heavy atom. The van der Waals surface area contributed by atoms with Crippen molar-refractivity contribution < 1.29 is 14.1 Å². The maximum absolute atomic E-state index is 12.5. The topological polar surface area (TPSA) is 64.6 Å². The summed E-state index contributed by atoms with van der Waals surface area (Å²) < 4.78 is 21.1. The number of rotatable bonds is 4. The van der Waals surface area contributed by atoms with Crippen molar-refractivity contribution in [3.8, 4) is 0 Å². The summed E-state index contributed by atoms with van der Waals surface area (Å²) in [5.74, 6) is 1.14. The van der Waals surface area contributed by atoms with Gasteiger partial charge in [-0.05, 0) is 79.1 Å². The number of likely N-dealkylation sites (tertiary alicyclic amines) is 1. The summed E-state index contributed by atoms with van der Waals surface area (Å²) in [4.78, 5) is 14.0. The highest BCUT2D eigenvalue weighted by atomic mass is 32.2. The summed E-state index contributed by atoms with van der Waals surface area (Å²) in [7, 11) is 0. The Hall–Kier alpha value is -0.460. The number of carbonyl (C=O) groups excluding carboxylic acids is 1. The van der Waals surface area contributed by atoms with E-state index >= 15 is 0 Å². The molecular weight excluding hydrogens is 324 g/mol. The molecule has 140 valence electrons. The van der Waals surface area contributed by atoms with Crippen molar-refractivity contribution in [1.82, 2.24) is 9.62 Å². The molecule has 1 amide bonds. The minimum absolute atomic E-state index is 0.213. The van der Waals surface area contributed by atoms with Crippen molar-refractivity contribution in [2.75, 3.05) is 13.1 Å². The lowest BCUT2D eigenvalue weighted by Crippen LogP contribution is -2.51. The fourth-order valence-electron chi connectivity index (χ4n) is 3.10. The molecule has 2 rings (SSSR count). The fraction of sp³-hybridized carbons (Fsp3) is 0.944. The second kappa shape index (κ2) is 7.42. The largest absolute Gasteiger partial charge is 0.598 e. The van der Waals surface area contributed by atoms with Gasteiger partial charge in [0.15, 0.2) is 0 Å². The van der Waals surface area contributed by atoms with Crippen LogP contribution in [0.15, 0.2) is 0 Å². The predicted molar refractivity (Wildman–Crippen MR) is 98.1 cm³/mol. The van der Waals surface area contributed by atoms with E-state index in [0.717, 1.165) is 25.9 Å². The lowest BCUT2D eigenvalue weighted by atomic mass is 9.87. The lowest BCUT2D eigenvalue weighted by Gasteiger charge is -2.38. The Morgan fingerprint density at radius 2 is 1.58 bits per heavy atom. The Bertz CT molecular complexity index is 433. The van der Waals surface area contributed by atoms with Crippen LogP contribution in [0.4, 0.5) is 4.79 Å². The third kappa shape index (κ3) is 5.81. The van der Waals surface area contributed by atoms with Crippen molar-refractivity contribution in [1.29, 1.82) is 0 Å². The standard InChI is InChI=1S/C18H34N2O3S/c1-17(2,3)23-16(21)20-11-9-14(10-12-20)15(13-7-8-13)19-24(22)18(4,5)6/h13-15,19H,7-12H2,1-6H3. The van der Waals surface area contributed by atoms with E-state index in [1.807, 2.05) is 46.4 Å². The van der Waals surface area contributed by atoms with Crippen LogP contribution in [-0.4, -0.2) is 45.0 Å². The summed E-state index contributed by atoms with van der Waals surface area (Å²) in [5, 5.41) is 0. The number of hydrogen-bond acceptors (Lipinski definition) is 4. The third-order valence-electron chi connectivity index (χ3n) is 4.63. The molecule has 1 saturated carbocycles. The molecule has 1 N–H and O–H groups in total. The average molecular weight is 359 g/mol. The van der Waals surface area contributed by atoms with E-state index in [1.165, 1.54) is 12.8 Å². The molecule has 24 heavy (non-hydrogen) atoms. The molecule has 0 radical (unpaired) electrons. The number of nitrogens with one attached hydrogen (secondary N) is 1. The van der Waals surface area contributed by atoms with Gasteiger partial charge in [-0.15, -0.1) is 4.72 Å². The SMILES string of the molecule is CC(C)(C)OC(=O)N1CCC(C(N[S+]([O-])C(C)(C)C)C2CC2)CC1. The zero-order chi connectivity index (χ0) is 18.1. The molecule has 2 atom stereocenters. The molecule has 0 bridgehead atoms. The number of carbonyl (C=O) groups is 1. The van der Waals surface area contributed by atoms with Gasteiger partial charge < -0.3 is 14.2 Å². The van der Waals surface area contributed by atoms with Crippen molar-refractivity contribution in [3.63, 3.8) is 0 Å². The summed E-state index contributed by atoms with van der Waals surface area (Å²) in [6, 6.07) is 0.311. The quantitative estimate of drug-likeness (QED) is 0.782. The first-order valence-corrected chi connectivity index (χ1v) is 10.3. The van der Waals surface area contributed by atoms with E-state index in [4.69, 9.17) is 4.74 Å². The van der Waals surface area contributed by atoms with Crippen LogP contribution < -0.4 is 4.72 Å². The Morgan fingerprint density at radius 1 is 1.08 bits per heavy atom. The van der Waals surface area contributed by atoms with Crippen LogP contribution in [0, 0.1) is 11.8 Å². The van der Waals surface area contributed by atoms with Gasteiger partial charge in [-0.1, -0.05) is 0 Å². The molecule has 5 nitrogen and oxygen atoms in total. The Labute approximate surface area is 150 Å². The zero-order valence-electron chi connectivity index (χ0n) is 16.1. The maximum Gasteiger partial charge on any atom is 0.410 e. The van der Waals surface area contributed by atoms with Crippen LogP contribution in [0.2, 0.25) is 0 Å². The van der Waals surface area contributed by atoms with Crippen LogP contribution in [0.1, 0.15) is 67.2 Å². The third-order valence-corrected chi connectivity index (χ3v) is 6.23. The summed E-state index contributed by atoms with van der Waals surface area (Å²) in [6.45, 7) is 13.2. The van der Waals surface area contributed by atoms with Crippen LogP contribution in [0.25, 0.3) is 0 Å². The van der Waals surface area contributed by atoms with Crippen LogP contribution in [0.5, 0.6) is 0 Å². The van der Waals surface area contributed by atoms with Gasteiger partial charge in [0.2, 0.25) is 0 Å². The molecule has 2 aliphatic rings. The highest BCUT2D eigenvalue weighted by molar-refractivity contribution is 7.90. The van der Waals surface area contributed by atoms with Gasteiger partial charge in [0.25, 0.3) is 0 Å². The molecule has 0 aromatic rings. The normalized spacial score (nSPS) is 23.0. The number of nitrogens with zero attached hydrogens (tertiary/aromatic N) is 1. The maximum atomic E-state index is 12.5. The smallest absolute Gasteiger partial charge is 0.410 e. The molecule has 0 aromatic carbocycles. The monoisotopic (exact) mass is 358 g/mol. The van der Waals surface area contributed by atoms with Crippen LogP contribution in [-0.2, 0) is 16.1 Å². The number of piperidine rings is 1. The fourth-order valence-corrected chi connectivity index (χ4v) is 4.09. The van der Waals surface area contributed by atoms with E-state index in [9.17, 15) is 9.35 Å². The highest BCUT2D eigenvalue weighted by Gasteiger charge is 2.42. The molecule has 0 aromatic heterocycles. The van der Waals surface area contributed by atoms with E-state index in [-0.39, 0.29) is 10.8 Å². The molecule has 1 saturated heterocycles. The summed E-state index contributed by atoms with van der Waals surface area (Å²) in [6.07, 6.45) is 4.15. The molecule has 6 heteroatoms. The molecule has 2 unspecified atom stereocenters. The van der Waals surface area contributed by atoms with E-state index < -0.39 is 17.0 Å². The molecule has 1 heterocycles. The lowest BCUT2D eigenvalue weighted by molar-refractivity contribution is 0.0169. The second-order valence-electron chi connectivity index (χ2n) is 9.17. The molecular formula is C18H34N2O3S. The van der Waals surface area contributed by atoms with Gasteiger partial charge in [0, 0.05) is 24.5 Å². The van der Waals surface area contributed by atoms with Crippen molar-refractivity contribution in [3.05, 3.63) is 0 Å². The first-order valence-electron chi connectivity index (χ1n) is 9.13. The Balaban J connectivity index is 1.88. The molecule has 1 aliphatic heterocycles. The van der Waals surface area contributed by atoms with E-state index in [1.54, 1.807) is 0 Å². The van der Waals surface area contributed by atoms with Gasteiger partial charge in [-0.25, -0.2) is 4.79 Å². The van der Waals surface area contributed by atoms with Crippen molar-refractivity contribution in [2.24, 2.45) is 11.8 Å². The minimum atomic E-state index is -1.04. The molecule has 0 spiro atoms. The molecule has 1 aliphatic carbocycles. The van der Waals surface area contributed by atoms with Crippen LogP contribution in [0.3, 0.4) is 0 Å². The predicted octanol–water partition coefficient (Wildman–Crippen LogP) is 3.46. The van der Waals surface area contributed by atoms with Crippen molar-refractivity contribution in [2.45, 2.75) is 83.6 Å². The number of ether oxygens (including phenoxy) is 1. The first kappa shape index (κ1) is 19.9. The van der Waals surface area contributed by atoms with Gasteiger partial charge in [-0.2, -0.15) is 0 Å². The van der Waals surface area contributed by atoms with Gasteiger partial charge in [-0.3, -0.25) is 0 Å². The second-order valence-corrected chi connectivity index (χ2v) is 11.2. The van der Waals surface area contributed by atoms with Gasteiger partial charge >= 0.3 is 6.09 Å². The van der Waals surface area contributed by atoms with E-state index in [0.29, 0.717) is 17.9 Å².